The van der Waals surface area contributed by atoms with Crippen molar-refractivity contribution in [2.45, 2.75) is 31.3 Å². The van der Waals surface area contributed by atoms with Crippen LogP contribution in [0.2, 0.25) is 0 Å². The molecule has 3 rings (SSSR count). The van der Waals surface area contributed by atoms with E-state index in [9.17, 15) is 13.2 Å². The van der Waals surface area contributed by atoms with E-state index in [1.165, 1.54) is 16.4 Å². The first-order valence-electron chi connectivity index (χ1n) is 9.38. The van der Waals surface area contributed by atoms with Crippen molar-refractivity contribution in [2.75, 3.05) is 32.1 Å². The highest BCUT2D eigenvalue weighted by molar-refractivity contribution is 7.89. The Balaban J connectivity index is 1.90. The number of anilines is 1. The molecule has 1 heterocycles. The van der Waals surface area contributed by atoms with Crippen molar-refractivity contribution in [2.24, 2.45) is 0 Å². The van der Waals surface area contributed by atoms with E-state index in [1.54, 1.807) is 24.1 Å². The number of sulfonamides is 1. The van der Waals surface area contributed by atoms with Crippen LogP contribution < -0.4 is 4.90 Å². The average Bonchev–Trinajstić information content (AvgIpc) is 2.86. The summed E-state index contributed by atoms with van der Waals surface area (Å²) in [7, 11) is -0.0680. The molecule has 0 saturated carbocycles. The fourth-order valence-electron chi connectivity index (χ4n) is 3.28. The molecule has 0 saturated heterocycles. The number of para-hydroxylation sites is 1. The molecule has 0 unspecified atom stereocenters. The smallest absolute Gasteiger partial charge is 0.254 e. The molecule has 0 radical (unpaired) electrons. The maximum absolute atomic E-state index is 13.2. The van der Waals surface area contributed by atoms with Crippen molar-refractivity contribution in [1.82, 2.24) is 9.21 Å². The van der Waals surface area contributed by atoms with Crippen LogP contribution in [0, 0.1) is 0 Å². The molecule has 0 N–H and O–H groups in total. The highest BCUT2D eigenvalue weighted by Crippen LogP contribution is 2.25. The van der Waals surface area contributed by atoms with E-state index in [-0.39, 0.29) is 16.8 Å². The maximum Gasteiger partial charge on any atom is 0.254 e. The van der Waals surface area contributed by atoms with Crippen molar-refractivity contribution in [3.8, 4) is 0 Å². The van der Waals surface area contributed by atoms with Gasteiger partial charge in [-0.25, -0.2) is 8.42 Å². The van der Waals surface area contributed by atoms with Crippen molar-refractivity contribution >= 4 is 21.6 Å². The second-order valence-electron chi connectivity index (χ2n) is 7.42. The molecule has 7 heteroatoms. The Morgan fingerprint density at radius 1 is 1.07 bits per heavy atom. The number of amides is 1. The first-order valence-corrected chi connectivity index (χ1v) is 10.8. The molecule has 150 valence electrons. The molecule has 2 aromatic rings. The molecule has 6 nitrogen and oxygen atoms in total. The lowest BCUT2D eigenvalue weighted by Gasteiger charge is -2.23. The van der Waals surface area contributed by atoms with Crippen LogP contribution in [0.15, 0.2) is 53.4 Å². The minimum Gasteiger partial charge on any atom is -0.373 e. The van der Waals surface area contributed by atoms with Crippen LogP contribution >= 0.6 is 0 Å². The Bertz CT molecular complexity index is 972. The second kappa shape index (κ2) is 7.93. The minimum absolute atomic E-state index is 0.141. The molecule has 0 bridgehead atoms. The quantitative estimate of drug-likeness (QED) is 0.790. The van der Waals surface area contributed by atoms with Crippen molar-refractivity contribution in [1.29, 1.82) is 0 Å². The van der Waals surface area contributed by atoms with Crippen LogP contribution in [0.5, 0.6) is 0 Å². The molecule has 2 aromatic carbocycles. The van der Waals surface area contributed by atoms with Gasteiger partial charge in [-0.1, -0.05) is 24.3 Å². The fraction of sp³-hybridized carbons (Fsp3) is 0.381. The van der Waals surface area contributed by atoms with Crippen molar-refractivity contribution < 1.29 is 13.2 Å². The van der Waals surface area contributed by atoms with E-state index in [4.69, 9.17) is 0 Å². The number of likely N-dealkylation sites (N-methyl/N-ethyl adjacent to an activating group) is 1. The maximum atomic E-state index is 13.2. The van der Waals surface area contributed by atoms with Gasteiger partial charge in [-0.15, -0.1) is 0 Å². The third-order valence-electron chi connectivity index (χ3n) is 5.24. The molecule has 0 aliphatic carbocycles. The monoisotopic (exact) mass is 401 g/mol. The highest BCUT2D eigenvalue weighted by Gasteiger charge is 2.26. The van der Waals surface area contributed by atoms with Gasteiger partial charge in [0, 0.05) is 51.0 Å². The number of carbonyl (C=O) groups excluding carboxylic acids is 1. The van der Waals surface area contributed by atoms with Gasteiger partial charge in [0.1, 0.15) is 0 Å². The largest absolute Gasteiger partial charge is 0.373 e. The summed E-state index contributed by atoms with van der Waals surface area (Å²) in [6.45, 7) is 5.43. The number of hydrogen-bond acceptors (Lipinski definition) is 4. The lowest BCUT2D eigenvalue weighted by atomic mass is 10.1. The molecule has 0 aromatic heterocycles. The number of rotatable bonds is 4. The average molecular weight is 402 g/mol. The second-order valence-corrected chi connectivity index (χ2v) is 9.42. The van der Waals surface area contributed by atoms with E-state index >= 15 is 0 Å². The van der Waals surface area contributed by atoms with Crippen molar-refractivity contribution in [3.05, 3.63) is 59.7 Å². The van der Waals surface area contributed by atoms with Crippen LogP contribution in [0.25, 0.3) is 0 Å². The molecule has 1 aliphatic rings. The van der Waals surface area contributed by atoms with Gasteiger partial charge in [-0.3, -0.25) is 4.79 Å². The van der Waals surface area contributed by atoms with E-state index in [0.29, 0.717) is 18.7 Å². The van der Waals surface area contributed by atoms with Gasteiger partial charge in [0.25, 0.3) is 5.91 Å². The molecule has 0 atom stereocenters. The summed E-state index contributed by atoms with van der Waals surface area (Å²) in [5, 5.41) is 0. The lowest BCUT2D eigenvalue weighted by molar-refractivity contribution is 0.0751. The van der Waals surface area contributed by atoms with Gasteiger partial charge in [0.05, 0.1) is 4.90 Å². The molecular weight excluding hydrogens is 374 g/mol. The Labute approximate surface area is 167 Å². The zero-order valence-corrected chi connectivity index (χ0v) is 17.6. The van der Waals surface area contributed by atoms with Crippen LogP contribution in [0.1, 0.15) is 29.8 Å². The van der Waals surface area contributed by atoms with Gasteiger partial charge in [0.2, 0.25) is 10.0 Å². The summed E-state index contributed by atoms with van der Waals surface area (Å²) in [6.07, 6.45) is 0. The predicted octanol–water partition coefficient (Wildman–Crippen LogP) is 2.81. The van der Waals surface area contributed by atoms with Crippen LogP contribution in [-0.2, 0) is 16.6 Å². The lowest BCUT2D eigenvalue weighted by Crippen LogP contribution is -2.35. The topological polar surface area (TPSA) is 60.9 Å². The number of nitrogens with zero attached hydrogens (tertiary/aromatic N) is 3. The summed E-state index contributed by atoms with van der Waals surface area (Å²) in [6, 6.07) is 14.2. The van der Waals surface area contributed by atoms with Gasteiger partial charge >= 0.3 is 0 Å². The Hall–Kier alpha value is -2.38. The van der Waals surface area contributed by atoms with E-state index in [1.807, 2.05) is 39.1 Å². The van der Waals surface area contributed by atoms with Crippen molar-refractivity contribution in [3.63, 3.8) is 0 Å². The molecule has 1 amide bonds. The normalized spacial score (nSPS) is 14.9. The van der Waals surface area contributed by atoms with Gasteiger partial charge in [0.15, 0.2) is 0 Å². The Morgan fingerprint density at radius 3 is 2.50 bits per heavy atom. The molecular formula is C21H27N3O3S. The number of fused-ring (bicyclic) bond motifs is 1. The van der Waals surface area contributed by atoms with Gasteiger partial charge in [-0.2, -0.15) is 4.31 Å². The third-order valence-corrected chi connectivity index (χ3v) is 7.27. The summed E-state index contributed by atoms with van der Waals surface area (Å²) >= 11 is 0. The summed E-state index contributed by atoms with van der Waals surface area (Å²) in [5.41, 5.74) is 2.59. The van der Waals surface area contributed by atoms with E-state index in [2.05, 4.69) is 11.0 Å². The number of benzene rings is 2. The Kier molecular flexibility index (Phi) is 5.76. The summed E-state index contributed by atoms with van der Waals surface area (Å²) in [4.78, 5) is 17.2. The zero-order valence-electron chi connectivity index (χ0n) is 16.8. The number of hydrogen-bond donors (Lipinski definition) is 0. The summed E-state index contributed by atoms with van der Waals surface area (Å²) in [5.74, 6) is -0.158. The standard InChI is InChI=1S/C21H27N3O3S/c1-16(2)23(4)28(26,27)19-10-7-9-17(14-19)21(25)24-13-12-22(3)20-11-6-5-8-18(20)15-24/h5-11,14,16H,12-13,15H2,1-4H3. The molecule has 0 spiro atoms. The zero-order chi connectivity index (χ0) is 20.5. The first kappa shape index (κ1) is 20.4. The van der Waals surface area contributed by atoms with E-state index in [0.717, 1.165) is 17.8 Å². The molecule has 28 heavy (non-hydrogen) atoms. The first-order chi connectivity index (χ1) is 13.2. The predicted molar refractivity (Wildman–Crippen MR) is 111 cm³/mol. The molecule has 1 aliphatic heterocycles. The van der Waals surface area contributed by atoms with Crippen LogP contribution in [0.4, 0.5) is 5.69 Å². The third kappa shape index (κ3) is 3.91. The molecule has 0 fully saturated rings. The van der Waals surface area contributed by atoms with E-state index < -0.39 is 10.0 Å². The fourth-order valence-corrected chi connectivity index (χ4v) is 4.70. The summed E-state index contributed by atoms with van der Waals surface area (Å²) < 4.78 is 26.9. The van der Waals surface area contributed by atoms with Crippen LogP contribution in [0.3, 0.4) is 0 Å². The van der Waals surface area contributed by atoms with Crippen LogP contribution in [-0.4, -0.2) is 56.8 Å². The van der Waals surface area contributed by atoms with Gasteiger partial charge < -0.3 is 9.80 Å². The minimum atomic E-state index is -3.64. The Morgan fingerprint density at radius 2 is 1.79 bits per heavy atom. The highest BCUT2D eigenvalue weighted by atomic mass is 32.2. The SMILES string of the molecule is CC(C)N(C)S(=O)(=O)c1cccc(C(=O)N2CCN(C)c3ccccc3C2)c1. The number of carbonyl (C=O) groups is 1. The van der Waals surface area contributed by atoms with Gasteiger partial charge in [-0.05, 0) is 43.7 Å².